The zero-order valence-electron chi connectivity index (χ0n) is 21.2. The standard InChI is InChI=1S/C29H32Br2O7/c1-33-26-14-22-16-35-18-27(20-2-6-24(30)7-3-20)37-12-10-34-11-13-38-28(21-4-8-25(31)9-5-21)19-36-17-23(15-26)29(22)32/h2-9,14-15,27-28,32H,10-13,16-19H2,1H3/t27-,28-/m1/s1. The van der Waals surface area contributed by atoms with Crippen molar-refractivity contribution < 1.29 is 33.5 Å². The first-order valence-corrected chi connectivity index (χ1v) is 14.0. The van der Waals surface area contributed by atoms with Gasteiger partial charge in [-0.05, 0) is 47.5 Å². The molecule has 0 aliphatic carbocycles. The minimum Gasteiger partial charge on any atom is -0.507 e. The smallest absolute Gasteiger partial charge is 0.126 e. The van der Waals surface area contributed by atoms with Gasteiger partial charge in [0.15, 0.2) is 0 Å². The molecule has 0 saturated heterocycles. The third kappa shape index (κ3) is 8.51. The number of phenols is 1. The molecule has 0 unspecified atom stereocenters. The number of fused-ring (bicyclic) bond motifs is 2. The van der Waals surface area contributed by atoms with Crippen molar-refractivity contribution in [2.24, 2.45) is 0 Å². The van der Waals surface area contributed by atoms with E-state index in [9.17, 15) is 5.11 Å². The Balaban J connectivity index is 1.52. The van der Waals surface area contributed by atoms with Gasteiger partial charge in [-0.15, -0.1) is 0 Å². The highest BCUT2D eigenvalue weighted by Gasteiger charge is 2.18. The number of benzene rings is 3. The molecule has 1 aliphatic heterocycles. The number of ether oxygens (including phenoxy) is 6. The van der Waals surface area contributed by atoms with Crippen molar-refractivity contribution in [2.45, 2.75) is 25.4 Å². The molecule has 2 bridgehead atoms. The number of phenolic OH excluding ortho intramolecular Hbond substituents is 1. The number of hydrogen-bond acceptors (Lipinski definition) is 7. The average molecular weight is 652 g/mol. The van der Waals surface area contributed by atoms with Gasteiger partial charge >= 0.3 is 0 Å². The van der Waals surface area contributed by atoms with Gasteiger partial charge in [0.05, 0.1) is 60.0 Å². The van der Waals surface area contributed by atoms with Crippen LogP contribution in [0.1, 0.15) is 34.5 Å². The summed E-state index contributed by atoms with van der Waals surface area (Å²) in [5, 5.41) is 11.0. The van der Waals surface area contributed by atoms with Crippen LogP contribution >= 0.6 is 31.9 Å². The monoisotopic (exact) mass is 650 g/mol. The molecule has 9 heteroatoms. The van der Waals surface area contributed by atoms with E-state index in [1.165, 1.54) is 0 Å². The summed E-state index contributed by atoms with van der Waals surface area (Å²) < 4.78 is 37.5. The second-order valence-electron chi connectivity index (χ2n) is 8.76. The topological polar surface area (TPSA) is 75.6 Å². The van der Waals surface area contributed by atoms with Crippen molar-refractivity contribution in [1.82, 2.24) is 0 Å². The molecule has 7 nitrogen and oxygen atoms in total. The zero-order chi connectivity index (χ0) is 26.7. The van der Waals surface area contributed by atoms with E-state index >= 15 is 0 Å². The summed E-state index contributed by atoms with van der Waals surface area (Å²) in [5.74, 6) is 0.746. The van der Waals surface area contributed by atoms with Crippen molar-refractivity contribution in [3.63, 3.8) is 0 Å². The molecular weight excluding hydrogens is 620 g/mol. The predicted octanol–water partition coefficient (Wildman–Crippen LogP) is 6.51. The molecule has 3 aromatic carbocycles. The van der Waals surface area contributed by atoms with Crippen molar-refractivity contribution in [3.05, 3.63) is 91.9 Å². The van der Waals surface area contributed by atoms with Crippen LogP contribution in [0.2, 0.25) is 0 Å². The molecule has 0 fully saturated rings. The zero-order valence-corrected chi connectivity index (χ0v) is 24.4. The molecule has 3 aromatic rings. The normalized spacial score (nSPS) is 20.3. The van der Waals surface area contributed by atoms with Gasteiger partial charge in [-0.3, -0.25) is 0 Å². The second-order valence-corrected chi connectivity index (χ2v) is 10.6. The summed E-state index contributed by atoms with van der Waals surface area (Å²) in [7, 11) is 1.59. The SMILES string of the molecule is COc1cc2c(O)c(c1)COC[C@H](c1ccc(Br)cc1)OCCOCCO[C@@H](c1ccc(Br)cc1)COC2. The van der Waals surface area contributed by atoms with Gasteiger partial charge < -0.3 is 33.5 Å². The number of halogens is 2. The van der Waals surface area contributed by atoms with Crippen molar-refractivity contribution in [3.8, 4) is 11.5 Å². The fraction of sp³-hybridized carbons (Fsp3) is 0.379. The molecule has 4 rings (SSSR count). The maximum atomic E-state index is 11.0. The Bertz CT molecular complexity index is 1050. The molecule has 1 aliphatic rings. The molecule has 2 atom stereocenters. The Kier molecular flexibility index (Phi) is 11.4. The first-order chi connectivity index (χ1) is 18.5. The lowest BCUT2D eigenvalue weighted by atomic mass is 10.1. The minimum atomic E-state index is -0.292. The summed E-state index contributed by atoms with van der Waals surface area (Å²) in [5.41, 5.74) is 3.21. The molecule has 0 saturated carbocycles. The van der Waals surface area contributed by atoms with E-state index in [1.807, 2.05) is 48.5 Å². The summed E-state index contributed by atoms with van der Waals surface area (Å²) in [6, 6.07) is 19.4. The highest BCUT2D eigenvalue weighted by atomic mass is 79.9. The third-order valence-electron chi connectivity index (χ3n) is 6.11. The van der Waals surface area contributed by atoms with Crippen LogP contribution < -0.4 is 4.74 Å². The number of aromatic hydroxyl groups is 1. The number of hydrogen-bond donors (Lipinski definition) is 1. The molecule has 1 heterocycles. The maximum absolute atomic E-state index is 11.0. The van der Waals surface area contributed by atoms with E-state index in [2.05, 4.69) is 31.9 Å². The van der Waals surface area contributed by atoms with E-state index in [-0.39, 0.29) is 31.2 Å². The Hall–Kier alpha value is -1.98. The van der Waals surface area contributed by atoms with E-state index in [0.717, 1.165) is 20.1 Å². The predicted molar refractivity (Wildman–Crippen MR) is 150 cm³/mol. The van der Waals surface area contributed by atoms with E-state index in [4.69, 9.17) is 28.4 Å². The van der Waals surface area contributed by atoms with Gasteiger partial charge in [-0.25, -0.2) is 0 Å². The van der Waals surface area contributed by atoms with Crippen LogP contribution in [0, 0.1) is 0 Å². The van der Waals surface area contributed by atoms with Crippen LogP contribution in [-0.2, 0) is 36.9 Å². The first-order valence-electron chi connectivity index (χ1n) is 12.4. The van der Waals surface area contributed by atoms with E-state index < -0.39 is 0 Å². The molecule has 0 spiro atoms. The second kappa shape index (κ2) is 15.0. The largest absolute Gasteiger partial charge is 0.507 e. The Morgan fingerprint density at radius 2 is 1.13 bits per heavy atom. The first kappa shape index (κ1) is 29.0. The summed E-state index contributed by atoms with van der Waals surface area (Å²) >= 11 is 6.96. The van der Waals surface area contributed by atoms with Crippen LogP contribution in [0.5, 0.6) is 11.5 Å². The lowest BCUT2D eigenvalue weighted by Gasteiger charge is -2.21. The van der Waals surface area contributed by atoms with Gasteiger partial charge in [0.25, 0.3) is 0 Å². The quantitative estimate of drug-likeness (QED) is 0.346. The summed E-state index contributed by atoms with van der Waals surface area (Å²) in [6.45, 7) is 2.65. The average Bonchev–Trinajstić information content (AvgIpc) is 2.92. The lowest BCUT2D eigenvalue weighted by Crippen LogP contribution is -2.18. The number of rotatable bonds is 3. The highest BCUT2D eigenvalue weighted by Crippen LogP contribution is 2.31. The van der Waals surface area contributed by atoms with Crippen molar-refractivity contribution in [2.75, 3.05) is 46.8 Å². The third-order valence-corrected chi connectivity index (χ3v) is 7.16. The summed E-state index contributed by atoms with van der Waals surface area (Å²) in [6.07, 6.45) is -0.585. The van der Waals surface area contributed by atoms with Gasteiger partial charge in [-0.1, -0.05) is 56.1 Å². The highest BCUT2D eigenvalue weighted by molar-refractivity contribution is 9.10. The molecule has 1 N–H and O–H groups in total. The van der Waals surface area contributed by atoms with E-state index in [0.29, 0.717) is 56.5 Å². The van der Waals surface area contributed by atoms with Gasteiger partial charge in [-0.2, -0.15) is 0 Å². The van der Waals surface area contributed by atoms with Crippen LogP contribution in [0.15, 0.2) is 69.6 Å². The van der Waals surface area contributed by atoms with Crippen molar-refractivity contribution in [1.29, 1.82) is 0 Å². The van der Waals surface area contributed by atoms with Crippen LogP contribution in [0.3, 0.4) is 0 Å². The molecular formula is C29H32Br2O7. The Morgan fingerprint density at radius 1 is 0.684 bits per heavy atom. The Morgan fingerprint density at radius 3 is 1.55 bits per heavy atom. The minimum absolute atomic E-state index is 0.127. The van der Waals surface area contributed by atoms with Crippen LogP contribution in [0.4, 0.5) is 0 Å². The fourth-order valence-electron chi connectivity index (χ4n) is 4.05. The van der Waals surface area contributed by atoms with E-state index in [1.54, 1.807) is 19.2 Å². The van der Waals surface area contributed by atoms with Crippen LogP contribution in [-0.4, -0.2) is 51.9 Å². The molecule has 0 amide bonds. The maximum Gasteiger partial charge on any atom is 0.126 e. The van der Waals surface area contributed by atoms with Gasteiger partial charge in [0.1, 0.15) is 23.7 Å². The molecule has 0 aromatic heterocycles. The van der Waals surface area contributed by atoms with Crippen molar-refractivity contribution >= 4 is 31.9 Å². The Labute approximate surface area is 240 Å². The lowest BCUT2D eigenvalue weighted by molar-refractivity contribution is -0.0646. The fourth-order valence-corrected chi connectivity index (χ4v) is 4.58. The summed E-state index contributed by atoms with van der Waals surface area (Å²) in [4.78, 5) is 0. The number of methoxy groups -OCH3 is 1. The van der Waals surface area contributed by atoms with Gasteiger partial charge in [0, 0.05) is 20.1 Å². The van der Waals surface area contributed by atoms with Crippen LogP contribution in [0.25, 0.3) is 0 Å². The molecule has 38 heavy (non-hydrogen) atoms. The molecule has 0 radical (unpaired) electrons. The molecule has 204 valence electrons. The van der Waals surface area contributed by atoms with Gasteiger partial charge in [0.2, 0.25) is 0 Å².